The molecule has 1 saturated carbocycles. The highest BCUT2D eigenvalue weighted by molar-refractivity contribution is 5.60. The first kappa shape index (κ1) is 11.3. The molecule has 0 aliphatic heterocycles. The molecule has 0 radical (unpaired) electrons. The zero-order chi connectivity index (χ0) is 12.2. The van der Waals surface area contributed by atoms with Gasteiger partial charge in [-0.25, -0.2) is 9.97 Å². The molecule has 4 heteroatoms. The maximum absolute atomic E-state index is 5.30. The fourth-order valence-electron chi connectivity index (χ4n) is 2.48. The van der Waals surface area contributed by atoms with Crippen LogP contribution in [0, 0.1) is 0 Å². The molecule has 0 bridgehead atoms. The predicted octanol–water partition coefficient (Wildman–Crippen LogP) is 3.48. The molecule has 1 aliphatic rings. The molecule has 1 N–H and O–H groups in total. The number of anilines is 1. The fourth-order valence-corrected chi connectivity index (χ4v) is 2.48. The molecule has 0 atom stereocenters. The van der Waals surface area contributed by atoms with Crippen molar-refractivity contribution in [2.75, 3.05) is 5.32 Å². The van der Waals surface area contributed by atoms with E-state index in [9.17, 15) is 0 Å². The molecule has 1 fully saturated rings. The zero-order valence-electron chi connectivity index (χ0n) is 10.3. The van der Waals surface area contributed by atoms with Gasteiger partial charge >= 0.3 is 0 Å². The van der Waals surface area contributed by atoms with Gasteiger partial charge in [-0.1, -0.05) is 19.3 Å². The van der Waals surface area contributed by atoms with E-state index in [1.165, 1.54) is 38.5 Å². The van der Waals surface area contributed by atoms with Crippen molar-refractivity contribution in [1.82, 2.24) is 9.97 Å². The molecule has 94 valence electrons. The van der Waals surface area contributed by atoms with Crippen molar-refractivity contribution in [2.24, 2.45) is 0 Å². The SMILES string of the molecule is c1cc(-c2cnco2)cc(NC2CCCCC2)n1. The Morgan fingerprint density at radius 1 is 1.22 bits per heavy atom. The van der Waals surface area contributed by atoms with Crippen LogP contribution in [0.4, 0.5) is 5.82 Å². The fraction of sp³-hybridized carbons (Fsp3) is 0.429. The van der Waals surface area contributed by atoms with E-state index in [-0.39, 0.29) is 0 Å². The smallest absolute Gasteiger partial charge is 0.181 e. The summed E-state index contributed by atoms with van der Waals surface area (Å²) in [4.78, 5) is 8.31. The van der Waals surface area contributed by atoms with Crippen LogP contribution in [0.1, 0.15) is 32.1 Å². The molecule has 3 rings (SSSR count). The minimum Gasteiger partial charge on any atom is -0.444 e. The first-order valence-electron chi connectivity index (χ1n) is 6.53. The van der Waals surface area contributed by atoms with Gasteiger partial charge in [-0.15, -0.1) is 0 Å². The number of hydrogen-bond donors (Lipinski definition) is 1. The molecule has 1 aliphatic carbocycles. The normalized spacial score (nSPS) is 16.7. The lowest BCUT2D eigenvalue weighted by Crippen LogP contribution is -2.22. The van der Waals surface area contributed by atoms with E-state index >= 15 is 0 Å². The number of nitrogens with one attached hydrogen (secondary N) is 1. The number of oxazole rings is 1. The highest BCUT2D eigenvalue weighted by atomic mass is 16.3. The average molecular weight is 243 g/mol. The number of pyridine rings is 1. The van der Waals surface area contributed by atoms with Gasteiger partial charge in [0.25, 0.3) is 0 Å². The van der Waals surface area contributed by atoms with Crippen molar-refractivity contribution in [3.63, 3.8) is 0 Å². The Balaban J connectivity index is 1.74. The minimum absolute atomic E-state index is 0.566. The van der Waals surface area contributed by atoms with E-state index in [0.29, 0.717) is 6.04 Å². The Bertz CT molecular complexity index is 490. The molecule has 2 aromatic rings. The predicted molar refractivity (Wildman–Crippen MR) is 70.2 cm³/mol. The third-order valence-electron chi connectivity index (χ3n) is 3.43. The summed E-state index contributed by atoms with van der Waals surface area (Å²) in [7, 11) is 0. The molecule has 0 spiro atoms. The lowest BCUT2D eigenvalue weighted by Gasteiger charge is -2.23. The summed E-state index contributed by atoms with van der Waals surface area (Å²) in [6.07, 6.45) is 11.5. The summed E-state index contributed by atoms with van der Waals surface area (Å²) in [5.41, 5.74) is 1.01. The van der Waals surface area contributed by atoms with Crippen molar-refractivity contribution >= 4 is 5.82 Å². The molecule has 0 aromatic carbocycles. The molecular weight excluding hydrogens is 226 g/mol. The van der Waals surface area contributed by atoms with E-state index in [1.54, 1.807) is 6.20 Å². The Kier molecular flexibility index (Phi) is 3.26. The summed E-state index contributed by atoms with van der Waals surface area (Å²) in [5.74, 6) is 1.71. The maximum Gasteiger partial charge on any atom is 0.181 e. The monoisotopic (exact) mass is 243 g/mol. The molecular formula is C14H17N3O. The van der Waals surface area contributed by atoms with Crippen LogP contribution < -0.4 is 5.32 Å². The Morgan fingerprint density at radius 3 is 2.89 bits per heavy atom. The van der Waals surface area contributed by atoms with Crippen LogP contribution in [0.25, 0.3) is 11.3 Å². The van der Waals surface area contributed by atoms with Gasteiger partial charge in [-0.2, -0.15) is 0 Å². The second-order valence-corrected chi connectivity index (χ2v) is 4.77. The highest BCUT2D eigenvalue weighted by Crippen LogP contribution is 2.24. The summed E-state index contributed by atoms with van der Waals surface area (Å²) in [6.45, 7) is 0. The third kappa shape index (κ3) is 2.53. The quantitative estimate of drug-likeness (QED) is 0.896. The van der Waals surface area contributed by atoms with Gasteiger partial charge in [0.15, 0.2) is 12.2 Å². The van der Waals surface area contributed by atoms with E-state index in [0.717, 1.165) is 17.1 Å². The van der Waals surface area contributed by atoms with Gasteiger partial charge in [0.2, 0.25) is 0 Å². The topological polar surface area (TPSA) is 51.0 Å². The molecule has 0 saturated heterocycles. The van der Waals surface area contributed by atoms with E-state index < -0.39 is 0 Å². The van der Waals surface area contributed by atoms with Crippen LogP contribution in [-0.2, 0) is 0 Å². The third-order valence-corrected chi connectivity index (χ3v) is 3.43. The van der Waals surface area contributed by atoms with Crippen LogP contribution in [0.2, 0.25) is 0 Å². The van der Waals surface area contributed by atoms with Crippen molar-refractivity contribution < 1.29 is 4.42 Å². The molecule has 4 nitrogen and oxygen atoms in total. The lowest BCUT2D eigenvalue weighted by molar-refractivity contribution is 0.462. The van der Waals surface area contributed by atoms with Crippen LogP contribution in [-0.4, -0.2) is 16.0 Å². The van der Waals surface area contributed by atoms with Crippen molar-refractivity contribution in [3.05, 3.63) is 30.9 Å². The standard InChI is InChI=1S/C14H17N3O/c1-2-4-12(5-3-1)17-14-8-11(6-7-16-14)13-9-15-10-18-13/h6-10,12H,1-5H2,(H,16,17). The number of nitrogens with zero attached hydrogens (tertiary/aromatic N) is 2. The largest absolute Gasteiger partial charge is 0.444 e. The Hall–Kier alpha value is -1.84. The minimum atomic E-state index is 0.566. The van der Waals surface area contributed by atoms with E-state index in [1.807, 2.05) is 18.3 Å². The summed E-state index contributed by atoms with van der Waals surface area (Å²) in [6, 6.07) is 4.53. The number of rotatable bonds is 3. The van der Waals surface area contributed by atoms with Crippen LogP contribution in [0.5, 0.6) is 0 Å². The Labute approximate surface area is 106 Å². The molecule has 18 heavy (non-hydrogen) atoms. The van der Waals surface area contributed by atoms with Crippen LogP contribution in [0.3, 0.4) is 0 Å². The van der Waals surface area contributed by atoms with Gasteiger partial charge < -0.3 is 9.73 Å². The molecule has 0 unspecified atom stereocenters. The van der Waals surface area contributed by atoms with Crippen molar-refractivity contribution in [3.8, 4) is 11.3 Å². The average Bonchev–Trinajstić information content (AvgIpc) is 2.94. The zero-order valence-corrected chi connectivity index (χ0v) is 10.3. The Morgan fingerprint density at radius 2 is 2.11 bits per heavy atom. The van der Waals surface area contributed by atoms with Crippen molar-refractivity contribution in [2.45, 2.75) is 38.1 Å². The first-order valence-corrected chi connectivity index (χ1v) is 6.53. The summed E-state index contributed by atoms with van der Waals surface area (Å²) >= 11 is 0. The maximum atomic E-state index is 5.30. The molecule has 2 heterocycles. The van der Waals surface area contributed by atoms with Gasteiger partial charge in [-0.3, -0.25) is 0 Å². The molecule has 0 amide bonds. The highest BCUT2D eigenvalue weighted by Gasteiger charge is 2.13. The summed E-state index contributed by atoms with van der Waals surface area (Å²) in [5, 5.41) is 3.51. The van der Waals surface area contributed by atoms with Gasteiger partial charge in [-0.05, 0) is 25.0 Å². The second kappa shape index (κ2) is 5.21. The van der Waals surface area contributed by atoms with Gasteiger partial charge in [0.05, 0.1) is 6.20 Å². The van der Waals surface area contributed by atoms with E-state index in [4.69, 9.17) is 4.42 Å². The van der Waals surface area contributed by atoms with Crippen LogP contribution >= 0.6 is 0 Å². The van der Waals surface area contributed by atoms with Crippen molar-refractivity contribution in [1.29, 1.82) is 0 Å². The van der Waals surface area contributed by atoms with E-state index in [2.05, 4.69) is 15.3 Å². The second-order valence-electron chi connectivity index (χ2n) is 4.77. The summed E-state index contributed by atoms with van der Waals surface area (Å²) < 4.78 is 5.30. The van der Waals surface area contributed by atoms with Gasteiger partial charge in [0.1, 0.15) is 5.82 Å². The molecule has 2 aromatic heterocycles. The lowest BCUT2D eigenvalue weighted by atomic mass is 9.95. The number of hydrogen-bond acceptors (Lipinski definition) is 4. The first-order chi connectivity index (χ1) is 8.92. The van der Waals surface area contributed by atoms with Gasteiger partial charge in [0, 0.05) is 17.8 Å². The van der Waals surface area contributed by atoms with Crippen LogP contribution in [0.15, 0.2) is 35.3 Å². The number of aromatic nitrogens is 2.